The van der Waals surface area contributed by atoms with Gasteiger partial charge in [0, 0.05) is 6.61 Å². The Kier molecular flexibility index (Phi) is 8.50. The average molecular weight is 261 g/mol. The number of ether oxygens (including phenoxy) is 2. The normalized spacial score (nSPS) is 10.1. The molecule has 1 rings (SSSR count). The van der Waals surface area contributed by atoms with Crippen LogP contribution < -0.4 is 4.74 Å². The van der Waals surface area contributed by atoms with Crippen LogP contribution in [0.3, 0.4) is 0 Å². The minimum absolute atomic E-state index is 0.556. The zero-order chi connectivity index (χ0) is 13.8. The number of rotatable bonds is 10. The summed E-state index contributed by atoms with van der Waals surface area (Å²) < 4.78 is 11.0. The Morgan fingerprint density at radius 1 is 0.947 bits per heavy atom. The van der Waals surface area contributed by atoms with Crippen LogP contribution in [0, 0.1) is 11.3 Å². The highest BCUT2D eigenvalue weighted by atomic mass is 16.5. The van der Waals surface area contributed by atoms with Gasteiger partial charge in [-0.15, -0.1) is 0 Å². The topological polar surface area (TPSA) is 42.2 Å². The maximum atomic E-state index is 8.67. The molecule has 0 bridgehead atoms. The molecule has 0 saturated carbocycles. The van der Waals surface area contributed by atoms with Gasteiger partial charge in [0.2, 0.25) is 0 Å². The Morgan fingerprint density at radius 3 is 2.37 bits per heavy atom. The highest BCUT2D eigenvalue weighted by Gasteiger charge is 1.95. The minimum Gasteiger partial charge on any atom is -0.491 e. The van der Waals surface area contributed by atoms with Gasteiger partial charge < -0.3 is 9.47 Å². The fourth-order valence-corrected chi connectivity index (χ4v) is 1.75. The van der Waals surface area contributed by atoms with Gasteiger partial charge in [0.05, 0.1) is 18.2 Å². The van der Waals surface area contributed by atoms with Crippen molar-refractivity contribution >= 4 is 0 Å². The number of hydrogen-bond donors (Lipinski definition) is 0. The van der Waals surface area contributed by atoms with Gasteiger partial charge in [-0.2, -0.15) is 5.26 Å². The van der Waals surface area contributed by atoms with E-state index in [2.05, 4.69) is 13.0 Å². The lowest BCUT2D eigenvalue weighted by Crippen LogP contribution is -2.07. The van der Waals surface area contributed by atoms with Crippen LogP contribution in [0.25, 0.3) is 0 Å². The summed E-state index contributed by atoms with van der Waals surface area (Å²) >= 11 is 0. The van der Waals surface area contributed by atoms with Crippen molar-refractivity contribution in [1.29, 1.82) is 5.26 Å². The van der Waals surface area contributed by atoms with Crippen molar-refractivity contribution < 1.29 is 9.47 Å². The smallest absolute Gasteiger partial charge is 0.119 e. The highest BCUT2D eigenvalue weighted by molar-refractivity contribution is 5.34. The summed E-state index contributed by atoms with van der Waals surface area (Å²) in [5.74, 6) is 0.783. The lowest BCUT2D eigenvalue weighted by atomic mass is 10.2. The van der Waals surface area contributed by atoms with Crippen LogP contribution in [-0.4, -0.2) is 19.8 Å². The number of nitrogens with zero attached hydrogens (tertiary/aromatic N) is 1. The van der Waals surface area contributed by atoms with Crippen LogP contribution in [0.4, 0.5) is 0 Å². The molecular formula is C16H23NO2. The van der Waals surface area contributed by atoms with E-state index < -0.39 is 0 Å². The summed E-state index contributed by atoms with van der Waals surface area (Å²) in [7, 11) is 0. The summed E-state index contributed by atoms with van der Waals surface area (Å²) in [6, 6.07) is 9.20. The molecule has 0 atom stereocenters. The van der Waals surface area contributed by atoms with Crippen LogP contribution in [-0.2, 0) is 4.74 Å². The molecule has 0 aromatic heterocycles. The van der Waals surface area contributed by atoms with Gasteiger partial charge in [-0.25, -0.2) is 0 Å². The lowest BCUT2D eigenvalue weighted by Gasteiger charge is -2.07. The van der Waals surface area contributed by atoms with E-state index in [1.807, 2.05) is 12.1 Å². The first-order valence-corrected chi connectivity index (χ1v) is 7.07. The quantitative estimate of drug-likeness (QED) is 0.599. The Balaban J connectivity index is 1.97. The number of benzene rings is 1. The molecule has 0 spiro atoms. The first kappa shape index (κ1) is 15.5. The van der Waals surface area contributed by atoms with E-state index in [0.717, 1.165) is 18.8 Å². The van der Waals surface area contributed by atoms with E-state index in [1.165, 1.54) is 25.7 Å². The molecule has 1 aromatic carbocycles. The largest absolute Gasteiger partial charge is 0.491 e. The van der Waals surface area contributed by atoms with E-state index in [4.69, 9.17) is 14.7 Å². The maximum Gasteiger partial charge on any atom is 0.119 e. The summed E-state index contributed by atoms with van der Waals surface area (Å²) in [6.45, 7) is 4.21. The van der Waals surface area contributed by atoms with E-state index in [-0.39, 0.29) is 0 Å². The fourth-order valence-electron chi connectivity index (χ4n) is 1.75. The monoisotopic (exact) mass is 261 g/mol. The minimum atomic E-state index is 0.556. The third-order valence-electron chi connectivity index (χ3n) is 2.87. The van der Waals surface area contributed by atoms with E-state index in [0.29, 0.717) is 18.8 Å². The molecule has 0 saturated heterocycles. The summed E-state index contributed by atoms with van der Waals surface area (Å²) in [4.78, 5) is 0. The SMILES string of the molecule is CCCCCCCOCCOc1ccc(C#N)cc1. The summed E-state index contributed by atoms with van der Waals surface area (Å²) in [5.41, 5.74) is 0.649. The molecule has 0 unspecified atom stereocenters. The maximum absolute atomic E-state index is 8.67. The Bertz CT molecular complexity index is 367. The Hall–Kier alpha value is -1.53. The first-order chi connectivity index (χ1) is 9.36. The second-order valence-electron chi connectivity index (χ2n) is 4.51. The van der Waals surface area contributed by atoms with Gasteiger partial charge in [0.1, 0.15) is 12.4 Å². The summed E-state index contributed by atoms with van der Waals surface area (Å²) in [6.07, 6.45) is 6.30. The molecule has 0 fully saturated rings. The molecule has 19 heavy (non-hydrogen) atoms. The van der Waals surface area contributed by atoms with Crippen LogP contribution in [0.2, 0.25) is 0 Å². The molecule has 0 aliphatic carbocycles. The molecule has 0 heterocycles. The van der Waals surface area contributed by atoms with Crippen molar-refractivity contribution in [2.75, 3.05) is 19.8 Å². The van der Waals surface area contributed by atoms with Gasteiger partial charge >= 0.3 is 0 Å². The van der Waals surface area contributed by atoms with Crippen LogP contribution in [0.5, 0.6) is 5.75 Å². The molecule has 3 heteroatoms. The van der Waals surface area contributed by atoms with Crippen molar-refractivity contribution in [3.05, 3.63) is 29.8 Å². The molecule has 0 aliphatic heterocycles. The second-order valence-corrected chi connectivity index (χ2v) is 4.51. The van der Waals surface area contributed by atoms with Crippen LogP contribution in [0.15, 0.2) is 24.3 Å². The third kappa shape index (κ3) is 7.48. The zero-order valence-electron chi connectivity index (χ0n) is 11.7. The predicted molar refractivity (Wildman–Crippen MR) is 76.2 cm³/mol. The van der Waals surface area contributed by atoms with Crippen LogP contribution in [0.1, 0.15) is 44.6 Å². The van der Waals surface area contributed by atoms with Crippen LogP contribution >= 0.6 is 0 Å². The van der Waals surface area contributed by atoms with Gasteiger partial charge in [-0.05, 0) is 30.7 Å². The van der Waals surface area contributed by atoms with Gasteiger partial charge in [0.25, 0.3) is 0 Å². The number of unbranched alkanes of at least 4 members (excludes halogenated alkanes) is 4. The van der Waals surface area contributed by atoms with E-state index in [9.17, 15) is 0 Å². The second kappa shape index (κ2) is 10.4. The highest BCUT2D eigenvalue weighted by Crippen LogP contribution is 2.11. The number of hydrogen-bond acceptors (Lipinski definition) is 3. The number of nitriles is 1. The standard InChI is InChI=1S/C16H23NO2/c1-2-3-4-5-6-11-18-12-13-19-16-9-7-15(14-17)8-10-16/h7-10H,2-6,11-13H2,1H3. The Morgan fingerprint density at radius 2 is 1.68 bits per heavy atom. The van der Waals surface area contributed by atoms with Crippen molar-refractivity contribution in [2.45, 2.75) is 39.0 Å². The van der Waals surface area contributed by atoms with Crippen molar-refractivity contribution in [3.63, 3.8) is 0 Å². The molecule has 0 N–H and O–H groups in total. The molecular weight excluding hydrogens is 238 g/mol. The van der Waals surface area contributed by atoms with Crippen molar-refractivity contribution in [1.82, 2.24) is 0 Å². The third-order valence-corrected chi connectivity index (χ3v) is 2.87. The average Bonchev–Trinajstić information content (AvgIpc) is 2.46. The molecule has 0 aliphatic rings. The zero-order valence-corrected chi connectivity index (χ0v) is 11.7. The van der Waals surface area contributed by atoms with Crippen molar-refractivity contribution in [2.24, 2.45) is 0 Å². The molecule has 3 nitrogen and oxygen atoms in total. The molecule has 0 amide bonds. The summed E-state index contributed by atoms with van der Waals surface area (Å²) in [5, 5.41) is 8.67. The molecule has 0 radical (unpaired) electrons. The predicted octanol–water partition coefficient (Wildman–Crippen LogP) is 3.92. The van der Waals surface area contributed by atoms with E-state index in [1.54, 1.807) is 12.1 Å². The van der Waals surface area contributed by atoms with Gasteiger partial charge in [-0.1, -0.05) is 32.6 Å². The first-order valence-electron chi connectivity index (χ1n) is 7.07. The van der Waals surface area contributed by atoms with Gasteiger partial charge in [-0.3, -0.25) is 0 Å². The fraction of sp³-hybridized carbons (Fsp3) is 0.562. The van der Waals surface area contributed by atoms with Gasteiger partial charge in [0.15, 0.2) is 0 Å². The van der Waals surface area contributed by atoms with Crippen molar-refractivity contribution in [3.8, 4) is 11.8 Å². The molecule has 1 aromatic rings. The lowest BCUT2D eigenvalue weighted by molar-refractivity contribution is 0.0971. The molecule has 104 valence electrons. The Labute approximate surface area is 116 Å². The van der Waals surface area contributed by atoms with E-state index >= 15 is 0 Å².